The Morgan fingerprint density at radius 1 is 1.36 bits per heavy atom. The summed E-state index contributed by atoms with van der Waals surface area (Å²) in [6.07, 6.45) is 2.89. The maximum absolute atomic E-state index is 12.4. The molecule has 1 saturated heterocycles. The monoisotopic (exact) mass is 315 g/mol. The van der Waals surface area contributed by atoms with Crippen molar-refractivity contribution in [2.75, 3.05) is 19.7 Å². The molecular weight excluding hydrogens is 295 g/mol. The highest BCUT2D eigenvalue weighted by Crippen LogP contribution is 2.27. The summed E-state index contributed by atoms with van der Waals surface area (Å²) < 4.78 is 43.4. The Balaban J connectivity index is 2.06. The minimum atomic E-state index is -4.36. The number of hydrogen-bond donors (Lipinski definition) is 0. The number of piperidine rings is 1. The normalized spacial score (nSPS) is 17.5. The van der Waals surface area contributed by atoms with Crippen molar-refractivity contribution in [2.24, 2.45) is 13.0 Å². The van der Waals surface area contributed by atoms with Gasteiger partial charge in [-0.2, -0.15) is 18.3 Å². The van der Waals surface area contributed by atoms with Crippen LogP contribution in [0.1, 0.15) is 24.1 Å². The third-order valence-corrected chi connectivity index (χ3v) is 3.87. The molecular formula is C15H20F3N3O. The van der Waals surface area contributed by atoms with E-state index in [1.807, 2.05) is 0 Å². The molecule has 1 aromatic rings. The molecule has 0 bridgehead atoms. The molecule has 0 aromatic carbocycles. The number of halogens is 3. The molecule has 0 aliphatic carbocycles. The van der Waals surface area contributed by atoms with E-state index in [1.54, 1.807) is 14.0 Å². The fraction of sp³-hybridized carbons (Fsp3) is 0.667. The summed E-state index contributed by atoms with van der Waals surface area (Å²) in [5, 5.41) is 4.17. The Labute approximate surface area is 128 Å². The van der Waals surface area contributed by atoms with Crippen molar-refractivity contribution in [1.82, 2.24) is 14.7 Å². The molecule has 0 unspecified atom stereocenters. The summed E-state index contributed by atoms with van der Waals surface area (Å²) in [6.45, 7) is 2.68. The van der Waals surface area contributed by atoms with Crippen LogP contribution in [-0.4, -0.2) is 40.6 Å². The smallest absolute Gasteiger partial charge is 0.422 e. The van der Waals surface area contributed by atoms with Crippen LogP contribution >= 0.6 is 0 Å². The quantitative estimate of drug-likeness (QED) is 0.800. The second-order valence-corrected chi connectivity index (χ2v) is 5.61. The van der Waals surface area contributed by atoms with E-state index in [4.69, 9.17) is 11.2 Å². The van der Waals surface area contributed by atoms with Gasteiger partial charge in [0.15, 0.2) is 6.61 Å². The van der Waals surface area contributed by atoms with Gasteiger partial charge < -0.3 is 4.74 Å². The van der Waals surface area contributed by atoms with Gasteiger partial charge in [0.05, 0.1) is 11.3 Å². The lowest BCUT2D eigenvalue weighted by Crippen LogP contribution is -2.33. The zero-order chi connectivity index (χ0) is 16.3. The maximum Gasteiger partial charge on any atom is 0.422 e. The van der Waals surface area contributed by atoms with Crippen LogP contribution in [-0.2, 0) is 13.6 Å². The third kappa shape index (κ3) is 4.17. The van der Waals surface area contributed by atoms with Crippen LogP contribution in [0.15, 0.2) is 0 Å². The van der Waals surface area contributed by atoms with Gasteiger partial charge >= 0.3 is 6.18 Å². The summed E-state index contributed by atoms with van der Waals surface area (Å²) in [5.41, 5.74) is 1.41. The number of aromatic nitrogens is 2. The SMILES string of the molecule is C#CC1CCN(Cc2c(C)nn(C)c2OCC(F)(F)F)CC1. The third-order valence-electron chi connectivity index (χ3n) is 3.87. The average molecular weight is 315 g/mol. The first-order valence-corrected chi connectivity index (χ1v) is 7.20. The number of rotatable bonds is 4. The van der Waals surface area contributed by atoms with Crippen molar-refractivity contribution in [3.05, 3.63) is 11.3 Å². The molecule has 4 nitrogen and oxygen atoms in total. The van der Waals surface area contributed by atoms with Gasteiger partial charge in [0, 0.05) is 19.5 Å². The first kappa shape index (κ1) is 16.7. The number of hydrogen-bond acceptors (Lipinski definition) is 3. The van der Waals surface area contributed by atoms with Gasteiger partial charge in [-0.3, -0.25) is 4.90 Å². The molecule has 0 atom stereocenters. The van der Waals surface area contributed by atoms with Crippen LogP contribution in [0.2, 0.25) is 0 Å². The highest BCUT2D eigenvalue weighted by atomic mass is 19.4. The summed E-state index contributed by atoms with van der Waals surface area (Å²) in [6, 6.07) is 0. The first-order chi connectivity index (χ1) is 10.3. The van der Waals surface area contributed by atoms with Crippen LogP contribution in [0.5, 0.6) is 5.88 Å². The molecule has 0 amide bonds. The van der Waals surface area contributed by atoms with E-state index in [2.05, 4.69) is 15.9 Å². The lowest BCUT2D eigenvalue weighted by atomic mass is 9.97. The Morgan fingerprint density at radius 2 is 2.00 bits per heavy atom. The second kappa shape index (κ2) is 6.61. The van der Waals surface area contributed by atoms with Crippen molar-refractivity contribution in [2.45, 2.75) is 32.5 Å². The predicted molar refractivity (Wildman–Crippen MR) is 76.3 cm³/mol. The molecule has 0 N–H and O–H groups in total. The topological polar surface area (TPSA) is 30.3 Å². The standard InChI is InChI=1S/C15H20F3N3O/c1-4-12-5-7-21(8-6-12)9-13-11(2)19-20(3)14(13)22-10-15(16,17)18/h1,12H,5-10H2,2-3H3. The molecule has 0 radical (unpaired) electrons. The molecule has 0 saturated carbocycles. The van der Waals surface area contributed by atoms with Crippen LogP contribution < -0.4 is 4.74 Å². The molecule has 7 heteroatoms. The molecule has 22 heavy (non-hydrogen) atoms. The zero-order valence-electron chi connectivity index (χ0n) is 12.8. The van der Waals surface area contributed by atoms with Gasteiger partial charge in [-0.25, -0.2) is 4.68 Å². The molecule has 1 fully saturated rings. The largest absolute Gasteiger partial charge is 0.468 e. The van der Waals surface area contributed by atoms with E-state index in [9.17, 15) is 13.2 Å². The summed E-state index contributed by atoms with van der Waals surface area (Å²) in [4.78, 5) is 2.18. The van der Waals surface area contributed by atoms with Crippen LogP contribution in [0.3, 0.4) is 0 Å². The molecule has 2 rings (SSSR count). The van der Waals surface area contributed by atoms with Crippen molar-refractivity contribution >= 4 is 0 Å². The number of likely N-dealkylation sites (tertiary alicyclic amines) is 1. The molecule has 122 valence electrons. The lowest BCUT2D eigenvalue weighted by molar-refractivity contribution is -0.154. The molecule has 2 heterocycles. The molecule has 1 aromatic heterocycles. The number of terminal acetylenes is 1. The first-order valence-electron chi connectivity index (χ1n) is 7.20. The Bertz CT molecular complexity index is 552. The highest BCUT2D eigenvalue weighted by molar-refractivity contribution is 5.31. The van der Waals surface area contributed by atoms with Crippen molar-refractivity contribution in [3.63, 3.8) is 0 Å². The van der Waals surface area contributed by atoms with Crippen LogP contribution in [0, 0.1) is 25.2 Å². The fourth-order valence-electron chi connectivity index (χ4n) is 2.67. The van der Waals surface area contributed by atoms with E-state index in [0.29, 0.717) is 23.7 Å². The number of aryl methyl sites for hydroxylation is 2. The second-order valence-electron chi connectivity index (χ2n) is 5.61. The van der Waals surface area contributed by atoms with Gasteiger partial charge in [0.1, 0.15) is 0 Å². The Morgan fingerprint density at radius 3 is 2.55 bits per heavy atom. The molecule has 1 aliphatic rings. The van der Waals surface area contributed by atoms with Crippen molar-refractivity contribution in [3.8, 4) is 18.2 Å². The predicted octanol–water partition coefficient (Wildman–Crippen LogP) is 2.51. The van der Waals surface area contributed by atoms with E-state index >= 15 is 0 Å². The van der Waals surface area contributed by atoms with Crippen LogP contribution in [0.4, 0.5) is 13.2 Å². The van der Waals surface area contributed by atoms with Gasteiger partial charge in [-0.05, 0) is 32.9 Å². The van der Waals surface area contributed by atoms with Gasteiger partial charge in [0.2, 0.25) is 5.88 Å². The van der Waals surface area contributed by atoms with Gasteiger partial charge in [-0.15, -0.1) is 12.3 Å². The fourth-order valence-corrected chi connectivity index (χ4v) is 2.67. The number of ether oxygens (including phenoxy) is 1. The maximum atomic E-state index is 12.4. The van der Waals surface area contributed by atoms with Crippen LogP contribution in [0.25, 0.3) is 0 Å². The zero-order valence-corrected chi connectivity index (χ0v) is 12.8. The molecule has 1 aliphatic heterocycles. The minimum absolute atomic E-state index is 0.189. The molecule has 0 spiro atoms. The average Bonchev–Trinajstić information content (AvgIpc) is 2.71. The number of alkyl halides is 3. The number of nitrogens with zero attached hydrogens (tertiary/aromatic N) is 3. The van der Waals surface area contributed by atoms with E-state index in [0.717, 1.165) is 25.9 Å². The summed E-state index contributed by atoms with van der Waals surface area (Å²) in [5.74, 6) is 3.25. The van der Waals surface area contributed by atoms with Crippen molar-refractivity contribution < 1.29 is 17.9 Å². The summed E-state index contributed by atoms with van der Waals surface area (Å²) in [7, 11) is 1.59. The van der Waals surface area contributed by atoms with Gasteiger partial charge in [0.25, 0.3) is 0 Å². The Hall–Kier alpha value is -1.68. The van der Waals surface area contributed by atoms with E-state index < -0.39 is 12.8 Å². The van der Waals surface area contributed by atoms with Crippen molar-refractivity contribution in [1.29, 1.82) is 0 Å². The van der Waals surface area contributed by atoms with E-state index in [-0.39, 0.29) is 5.88 Å². The van der Waals surface area contributed by atoms with Gasteiger partial charge in [-0.1, -0.05) is 0 Å². The van der Waals surface area contributed by atoms with E-state index in [1.165, 1.54) is 4.68 Å². The lowest BCUT2D eigenvalue weighted by Gasteiger charge is -2.29. The Kier molecular flexibility index (Phi) is 5.01. The summed E-state index contributed by atoms with van der Waals surface area (Å²) >= 11 is 0. The minimum Gasteiger partial charge on any atom is -0.468 e. The highest BCUT2D eigenvalue weighted by Gasteiger charge is 2.30.